The summed E-state index contributed by atoms with van der Waals surface area (Å²) in [5, 5.41) is 10.1. The van der Waals surface area contributed by atoms with E-state index in [0.717, 1.165) is 55.8 Å². The van der Waals surface area contributed by atoms with Gasteiger partial charge in [0.2, 0.25) is 5.91 Å². The first-order valence-electron chi connectivity index (χ1n) is 10.5. The molecule has 162 valence electrons. The fourth-order valence-corrected chi connectivity index (χ4v) is 4.74. The van der Waals surface area contributed by atoms with Gasteiger partial charge in [0.05, 0.1) is 5.75 Å². The van der Waals surface area contributed by atoms with Gasteiger partial charge in [-0.15, -0.1) is 10.2 Å². The topological polar surface area (TPSA) is 54.3 Å². The van der Waals surface area contributed by atoms with E-state index in [1.807, 2.05) is 39.8 Å². The number of halogens is 1. The molecule has 0 bridgehead atoms. The van der Waals surface area contributed by atoms with E-state index in [1.54, 1.807) is 0 Å². The van der Waals surface area contributed by atoms with Crippen LogP contribution in [0.5, 0.6) is 0 Å². The first-order valence-corrected chi connectivity index (χ1v) is 11.9. The van der Waals surface area contributed by atoms with E-state index in [4.69, 9.17) is 11.6 Å². The van der Waals surface area contributed by atoms with Crippen molar-refractivity contribution in [2.75, 3.05) is 31.9 Å². The van der Waals surface area contributed by atoms with Crippen LogP contribution >= 0.6 is 23.4 Å². The second-order valence-corrected chi connectivity index (χ2v) is 8.87. The molecule has 0 N–H and O–H groups in total. The van der Waals surface area contributed by atoms with Gasteiger partial charge in [0.15, 0.2) is 11.0 Å². The maximum atomic E-state index is 12.8. The Morgan fingerprint density at radius 1 is 1.00 bits per heavy atom. The monoisotopic (exact) mass is 455 g/mol. The van der Waals surface area contributed by atoms with Gasteiger partial charge in [0.1, 0.15) is 0 Å². The molecule has 0 spiro atoms. The molecular formula is C23H26ClN5OS. The molecule has 1 aliphatic heterocycles. The zero-order valence-electron chi connectivity index (χ0n) is 17.6. The number of nitrogens with zero attached hydrogens (tertiary/aromatic N) is 5. The van der Waals surface area contributed by atoms with Gasteiger partial charge >= 0.3 is 0 Å². The Morgan fingerprint density at radius 2 is 1.71 bits per heavy atom. The lowest BCUT2D eigenvalue weighted by molar-refractivity contribution is -0.130. The van der Waals surface area contributed by atoms with Crippen molar-refractivity contribution in [2.24, 2.45) is 0 Å². The van der Waals surface area contributed by atoms with Crippen LogP contribution in [0.4, 0.5) is 0 Å². The zero-order valence-corrected chi connectivity index (χ0v) is 19.1. The standard InChI is InChI=1S/C23H26ClN5OS/c1-2-29-22(19-8-10-20(24)11-9-19)25-26-23(29)31-17-21(30)28-14-12-27(13-15-28)16-18-6-4-3-5-7-18/h3-11H,2,12-17H2,1H3. The summed E-state index contributed by atoms with van der Waals surface area (Å²) in [5.41, 5.74) is 2.28. The third-order valence-electron chi connectivity index (χ3n) is 5.43. The minimum absolute atomic E-state index is 0.156. The van der Waals surface area contributed by atoms with Crippen LogP contribution in [0, 0.1) is 0 Å². The van der Waals surface area contributed by atoms with Crippen LogP contribution < -0.4 is 0 Å². The van der Waals surface area contributed by atoms with Crippen LogP contribution in [0.1, 0.15) is 12.5 Å². The van der Waals surface area contributed by atoms with E-state index in [1.165, 1.54) is 17.3 Å². The molecule has 0 unspecified atom stereocenters. The summed E-state index contributed by atoms with van der Waals surface area (Å²) in [7, 11) is 0. The maximum Gasteiger partial charge on any atom is 0.233 e. The quantitative estimate of drug-likeness (QED) is 0.503. The van der Waals surface area contributed by atoms with Crippen LogP contribution in [-0.2, 0) is 17.9 Å². The van der Waals surface area contributed by atoms with E-state index >= 15 is 0 Å². The molecule has 6 nitrogen and oxygen atoms in total. The average Bonchev–Trinajstić information content (AvgIpc) is 3.22. The van der Waals surface area contributed by atoms with Gasteiger partial charge in [-0.25, -0.2) is 0 Å². The SMILES string of the molecule is CCn1c(SCC(=O)N2CCN(Cc3ccccc3)CC2)nnc1-c1ccc(Cl)cc1. The fourth-order valence-electron chi connectivity index (χ4n) is 3.71. The summed E-state index contributed by atoms with van der Waals surface area (Å²) in [5.74, 6) is 1.32. The van der Waals surface area contributed by atoms with Crippen LogP contribution in [0.3, 0.4) is 0 Å². The number of aromatic nitrogens is 3. The number of hydrogen-bond acceptors (Lipinski definition) is 5. The molecule has 8 heteroatoms. The summed E-state index contributed by atoms with van der Waals surface area (Å²) < 4.78 is 2.04. The molecule has 0 radical (unpaired) electrons. The molecule has 1 aliphatic rings. The lowest BCUT2D eigenvalue weighted by atomic mass is 10.2. The number of amides is 1. The second-order valence-electron chi connectivity index (χ2n) is 7.49. The van der Waals surface area contributed by atoms with Crippen molar-refractivity contribution in [3.05, 3.63) is 65.2 Å². The molecule has 3 aromatic rings. The molecule has 2 heterocycles. The molecule has 1 saturated heterocycles. The van der Waals surface area contributed by atoms with Crippen molar-refractivity contribution < 1.29 is 4.79 Å². The Balaban J connectivity index is 1.31. The Bertz CT molecular complexity index is 1000. The maximum absolute atomic E-state index is 12.8. The highest BCUT2D eigenvalue weighted by Gasteiger charge is 2.22. The Hall–Kier alpha value is -2.35. The first kappa shape index (κ1) is 21.9. The van der Waals surface area contributed by atoms with Gasteiger partial charge in [-0.3, -0.25) is 9.69 Å². The predicted octanol–water partition coefficient (Wildman–Crippen LogP) is 4.05. The van der Waals surface area contributed by atoms with Crippen LogP contribution in [0.2, 0.25) is 5.02 Å². The molecular weight excluding hydrogens is 430 g/mol. The lowest BCUT2D eigenvalue weighted by Crippen LogP contribution is -2.48. The van der Waals surface area contributed by atoms with Crippen LogP contribution in [-0.4, -0.2) is 62.4 Å². The van der Waals surface area contributed by atoms with Crippen LogP contribution in [0.15, 0.2) is 59.8 Å². The minimum atomic E-state index is 0.156. The lowest BCUT2D eigenvalue weighted by Gasteiger charge is -2.34. The highest BCUT2D eigenvalue weighted by atomic mass is 35.5. The molecule has 0 aliphatic carbocycles. The molecule has 0 saturated carbocycles. The van der Waals surface area contributed by atoms with Crippen molar-refractivity contribution in [1.82, 2.24) is 24.6 Å². The van der Waals surface area contributed by atoms with Crippen molar-refractivity contribution in [2.45, 2.75) is 25.2 Å². The average molecular weight is 456 g/mol. The molecule has 31 heavy (non-hydrogen) atoms. The third kappa shape index (κ3) is 5.47. The normalized spacial score (nSPS) is 14.7. The summed E-state index contributed by atoms with van der Waals surface area (Å²) in [4.78, 5) is 17.1. The molecule has 1 aromatic heterocycles. The number of thioether (sulfide) groups is 1. The molecule has 0 atom stereocenters. The highest BCUT2D eigenvalue weighted by molar-refractivity contribution is 7.99. The minimum Gasteiger partial charge on any atom is -0.339 e. The number of hydrogen-bond donors (Lipinski definition) is 0. The second kappa shape index (κ2) is 10.3. The zero-order chi connectivity index (χ0) is 21.6. The molecule has 1 amide bonds. The largest absolute Gasteiger partial charge is 0.339 e. The summed E-state index contributed by atoms with van der Waals surface area (Å²) in [6.07, 6.45) is 0. The van der Waals surface area contributed by atoms with E-state index in [9.17, 15) is 4.79 Å². The van der Waals surface area contributed by atoms with Crippen molar-refractivity contribution >= 4 is 29.3 Å². The molecule has 1 fully saturated rings. The Kier molecular flexibility index (Phi) is 7.27. The van der Waals surface area contributed by atoms with Crippen molar-refractivity contribution in [1.29, 1.82) is 0 Å². The summed E-state index contributed by atoms with van der Waals surface area (Å²) in [6.45, 7) is 7.06. The van der Waals surface area contributed by atoms with Crippen molar-refractivity contribution in [3.63, 3.8) is 0 Å². The fraction of sp³-hybridized carbons (Fsp3) is 0.348. The van der Waals surface area contributed by atoms with E-state index in [-0.39, 0.29) is 5.91 Å². The number of rotatable bonds is 7. The Morgan fingerprint density at radius 3 is 2.39 bits per heavy atom. The highest BCUT2D eigenvalue weighted by Crippen LogP contribution is 2.25. The van der Waals surface area contributed by atoms with Crippen molar-refractivity contribution in [3.8, 4) is 11.4 Å². The smallest absolute Gasteiger partial charge is 0.233 e. The van der Waals surface area contributed by atoms with E-state index < -0.39 is 0 Å². The number of benzene rings is 2. The molecule has 4 rings (SSSR count). The summed E-state index contributed by atoms with van der Waals surface area (Å²) >= 11 is 7.45. The van der Waals surface area contributed by atoms with Gasteiger partial charge in [0.25, 0.3) is 0 Å². The van der Waals surface area contributed by atoms with Crippen LogP contribution in [0.25, 0.3) is 11.4 Å². The number of carbonyl (C=O) groups is 1. The van der Waals surface area contributed by atoms with E-state index in [0.29, 0.717) is 10.8 Å². The van der Waals surface area contributed by atoms with Gasteiger partial charge in [-0.1, -0.05) is 53.7 Å². The van der Waals surface area contributed by atoms with Gasteiger partial charge in [-0.05, 0) is 36.8 Å². The number of carbonyl (C=O) groups excluding carboxylic acids is 1. The molecule has 2 aromatic carbocycles. The van der Waals surface area contributed by atoms with Gasteiger partial charge in [-0.2, -0.15) is 0 Å². The van der Waals surface area contributed by atoms with E-state index in [2.05, 4.69) is 46.3 Å². The summed E-state index contributed by atoms with van der Waals surface area (Å²) in [6, 6.07) is 18.0. The predicted molar refractivity (Wildman–Crippen MR) is 125 cm³/mol. The number of piperazine rings is 1. The van der Waals surface area contributed by atoms with Gasteiger partial charge < -0.3 is 9.47 Å². The van der Waals surface area contributed by atoms with Gasteiger partial charge in [0, 0.05) is 49.9 Å². The Labute approximate surface area is 192 Å². The third-order valence-corrected chi connectivity index (χ3v) is 6.64. The first-order chi connectivity index (χ1) is 15.1.